The van der Waals surface area contributed by atoms with E-state index in [-0.39, 0.29) is 4.88 Å². The van der Waals surface area contributed by atoms with Crippen LogP contribution in [0.2, 0.25) is 5.02 Å². The van der Waals surface area contributed by atoms with Gasteiger partial charge in [0, 0.05) is 28.6 Å². The minimum Gasteiger partial charge on any atom is -0.618 e. The molecular weight excluding hydrogens is 526 g/mol. The lowest BCUT2D eigenvalue weighted by atomic mass is 10.0. The Morgan fingerprint density at radius 3 is 2.55 bits per heavy atom. The monoisotopic (exact) mass is 545 g/mol. The van der Waals surface area contributed by atoms with Crippen LogP contribution in [0.1, 0.15) is 36.6 Å². The van der Waals surface area contributed by atoms with Gasteiger partial charge in [-0.3, -0.25) is 9.59 Å². The molecule has 12 heteroatoms. The molecular formula is C26H20ClN7O3S. The number of hydrogen-bond donors (Lipinski definition) is 2. The molecule has 190 valence electrons. The van der Waals surface area contributed by atoms with Gasteiger partial charge in [0.15, 0.2) is 6.20 Å². The number of thiophene rings is 1. The van der Waals surface area contributed by atoms with E-state index < -0.39 is 17.9 Å². The van der Waals surface area contributed by atoms with Gasteiger partial charge in [0.05, 0.1) is 15.4 Å². The summed E-state index contributed by atoms with van der Waals surface area (Å²) in [5.74, 6) is -1.02. The molecule has 0 aliphatic heterocycles. The van der Waals surface area contributed by atoms with Crippen LogP contribution < -0.4 is 15.8 Å². The van der Waals surface area contributed by atoms with E-state index in [1.807, 2.05) is 30.3 Å². The highest BCUT2D eigenvalue weighted by atomic mass is 35.5. The first kappa shape index (κ1) is 25.1. The number of carbonyl (C=O) groups is 2. The molecule has 38 heavy (non-hydrogen) atoms. The Morgan fingerprint density at radius 1 is 1.08 bits per heavy atom. The third-order valence-corrected chi connectivity index (χ3v) is 7.16. The van der Waals surface area contributed by atoms with Crippen LogP contribution in [0.3, 0.4) is 0 Å². The summed E-state index contributed by atoms with van der Waals surface area (Å²) in [6, 6.07) is 20.5. The zero-order valence-corrected chi connectivity index (χ0v) is 21.3. The second-order valence-electron chi connectivity index (χ2n) is 8.33. The van der Waals surface area contributed by atoms with E-state index in [2.05, 4.69) is 20.8 Å². The summed E-state index contributed by atoms with van der Waals surface area (Å²) < 4.78 is 2.21. The van der Waals surface area contributed by atoms with Crippen molar-refractivity contribution in [3.8, 4) is 16.8 Å². The summed E-state index contributed by atoms with van der Waals surface area (Å²) in [4.78, 5) is 25.1. The zero-order valence-electron chi connectivity index (χ0n) is 19.7. The lowest BCUT2D eigenvalue weighted by Crippen LogP contribution is -2.40. The number of hydrogen-bond acceptors (Lipinski definition) is 7. The average molecular weight is 546 g/mol. The summed E-state index contributed by atoms with van der Waals surface area (Å²) in [7, 11) is 0. The van der Waals surface area contributed by atoms with Crippen molar-refractivity contribution in [1.29, 1.82) is 0 Å². The minimum atomic E-state index is -0.658. The maximum atomic E-state index is 13.4. The molecule has 3 aromatic heterocycles. The largest absolute Gasteiger partial charge is 0.618 e. The quantitative estimate of drug-likeness (QED) is 0.226. The van der Waals surface area contributed by atoms with Crippen LogP contribution in [0.25, 0.3) is 16.8 Å². The molecule has 0 unspecified atom stereocenters. The second kappa shape index (κ2) is 10.8. The highest BCUT2D eigenvalue weighted by molar-refractivity contribution is 7.15. The van der Waals surface area contributed by atoms with Crippen molar-refractivity contribution in [2.24, 2.45) is 5.73 Å². The van der Waals surface area contributed by atoms with E-state index in [1.165, 1.54) is 29.3 Å². The topological polar surface area (TPSA) is 143 Å². The van der Waals surface area contributed by atoms with E-state index in [4.69, 9.17) is 17.3 Å². The maximum absolute atomic E-state index is 13.4. The molecule has 2 amide bonds. The number of rotatable bonds is 8. The van der Waals surface area contributed by atoms with Crippen LogP contribution in [0, 0.1) is 5.21 Å². The fourth-order valence-electron chi connectivity index (χ4n) is 4.03. The predicted octanol–water partition coefficient (Wildman–Crippen LogP) is 3.49. The number of nitrogens with one attached hydrogen (secondary N) is 1. The molecule has 0 spiro atoms. The number of pyridine rings is 1. The number of tetrazole rings is 1. The van der Waals surface area contributed by atoms with Crippen LogP contribution in [0.15, 0.2) is 85.3 Å². The lowest BCUT2D eigenvalue weighted by molar-refractivity contribution is -0.615. The van der Waals surface area contributed by atoms with Crippen LogP contribution >= 0.6 is 22.9 Å². The summed E-state index contributed by atoms with van der Waals surface area (Å²) in [5, 5.41) is 28.1. The molecule has 5 aromatic rings. The van der Waals surface area contributed by atoms with Crippen LogP contribution in [-0.2, 0) is 6.42 Å². The SMILES string of the molecule is NC(=O)c1ccc(C(=O)N[C@@H](Cc2ccccc2)c2ccc(-c3cc(Cl)ccc3-n3cnnn3)c[n+]2[O-])s1. The van der Waals surface area contributed by atoms with E-state index in [0.717, 1.165) is 21.6 Å². The van der Waals surface area contributed by atoms with Crippen molar-refractivity contribution in [1.82, 2.24) is 25.5 Å². The molecule has 3 N–H and O–H groups in total. The van der Waals surface area contributed by atoms with Crippen molar-refractivity contribution in [3.05, 3.63) is 117 Å². The van der Waals surface area contributed by atoms with Gasteiger partial charge in [0.2, 0.25) is 5.69 Å². The highest BCUT2D eigenvalue weighted by Gasteiger charge is 2.25. The normalized spacial score (nSPS) is 11.7. The molecule has 0 radical (unpaired) electrons. The van der Waals surface area contributed by atoms with Gasteiger partial charge < -0.3 is 16.3 Å². The van der Waals surface area contributed by atoms with Crippen LogP contribution in [-0.4, -0.2) is 32.0 Å². The van der Waals surface area contributed by atoms with Gasteiger partial charge >= 0.3 is 0 Å². The van der Waals surface area contributed by atoms with Gasteiger partial charge in [0.1, 0.15) is 12.4 Å². The van der Waals surface area contributed by atoms with Crippen molar-refractivity contribution < 1.29 is 14.3 Å². The number of carbonyl (C=O) groups excluding carboxylic acids is 2. The molecule has 2 aromatic carbocycles. The van der Waals surface area contributed by atoms with Crippen LogP contribution in [0.5, 0.6) is 0 Å². The molecule has 5 rings (SSSR count). The molecule has 0 aliphatic carbocycles. The molecule has 1 atom stereocenters. The number of nitrogens with zero attached hydrogens (tertiary/aromatic N) is 5. The number of halogens is 1. The fourth-order valence-corrected chi connectivity index (χ4v) is 4.97. The third-order valence-electron chi connectivity index (χ3n) is 5.83. The Morgan fingerprint density at radius 2 is 1.87 bits per heavy atom. The fraction of sp³-hybridized carbons (Fsp3) is 0.0769. The molecule has 3 heterocycles. The number of amides is 2. The second-order valence-corrected chi connectivity index (χ2v) is 9.85. The Kier molecular flexibility index (Phi) is 7.11. The van der Waals surface area contributed by atoms with Crippen molar-refractivity contribution in [3.63, 3.8) is 0 Å². The van der Waals surface area contributed by atoms with Crippen molar-refractivity contribution in [2.45, 2.75) is 12.5 Å². The van der Waals surface area contributed by atoms with E-state index in [1.54, 1.807) is 30.3 Å². The lowest BCUT2D eigenvalue weighted by Gasteiger charge is -2.19. The van der Waals surface area contributed by atoms with Gasteiger partial charge in [-0.2, -0.15) is 9.41 Å². The zero-order chi connectivity index (χ0) is 26.6. The summed E-state index contributed by atoms with van der Waals surface area (Å²) >= 11 is 7.25. The van der Waals surface area contributed by atoms with Gasteiger partial charge in [-0.15, -0.1) is 16.4 Å². The maximum Gasteiger partial charge on any atom is 0.262 e. The Balaban J connectivity index is 1.50. The first-order chi connectivity index (χ1) is 18.4. The number of aromatic nitrogens is 5. The molecule has 0 bridgehead atoms. The van der Waals surface area contributed by atoms with Gasteiger partial charge in [-0.1, -0.05) is 41.9 Å². The highest BCUT2D eigenvalue weighted by Crippen LogP contribution is 2.29. The van der Waals surface area contributed by atoms with Gasteiger partial charge in [0.25, 0.3) is 11.8 Å². The van der Waals surface area contributed by atoms with E-state index in [9.17, 15) is 14.8 Å². The molecule has 0 aliphatic rings. The van der Waals surface area contributed by atoms with Crippen molar-refractivity contribution >= 4 is 34.8 Å². The first-order valence-electron chi connectivity index (χ1n) is 11.4. The Bertz CT molecular complexity index is 1610. The number of nitrogens with two attached hydrogens (primary N) is 1. The molecule has 10 nitrogen and oxygen atoms in total. The van der Waals surface area contributed by atoms with Crippen LogP contribution in [0.4, 0.5) is 0 Å². The van der Waals surface area contributed by atoms with E-state index >= 15 is 0 Å². The third kappa shape index (κ3) is 5.38. The van der Waals surface area contributed by atoms with Crippen molar-refractivity contribution in [2.75, 3.05) is 0 Å². The summed E-state index contributed by atoms with van der Waals surface area (Å²) in [5.41, 5.74) is 8.48. The summed E-state index contributed by atoms with van der Waals surface area (Å²) in [6.07, 6.45) is 3.25. The number of benzene rings is 2. The summed E-state index contributed by atoms with van der Waals surface area (Å²) in [6.45, 7) is 0. The molecule has 0 saturated heterocycles. The Labute approximate surface area is 225 Å². The number of primary amides is 1. The standard InChI is InChI=1S/C26H20ClN7O3S/c27-18-7-9-21(33-15-29-31-32-33)19(13-18)17-6-8-22(34(37)14-17)20(12-16-4-2-1-3-5-16)30-26(36)24-11-10-23(38-24)25(28)35/h1-11,13-15,20H,12H2,(H2,28,35)(H,30,36)/t20-/m0/s1. The van der Waals surface area contributed by atoms with Gasteiger partial charge in [-0.05, 0) is 52.4 Å². The smallest absolute Gasteiger partial charge is 0.262 e. The molecule has 0 saturated carbocycles. The first-order valence-corrected chi connectivity index (χ1v) is 12.6. The average Bonchev–Trinajstić information content (AvgIpc) is 3.62. The minimum absolute atomic E-state index is 0.276. The Hall–Kier alpha value is -4.61. The van der Waals surface area contributed by atoms with E-state index in [0.29, 0.717) is 38.8 Å². The molecule has 0 fully saturated rings. The van der Waals surface area contributed by atoms with Gasteiger partial charge in [-0.25, -0.2) is 0 Å². The predicted molar refractivity (Wildman–Crippen MR) is 142 cm³/mol.